The molecule has 0 radical (unpaired) electrons. The monoisotopic (exact) mass is 173 g/mol. The average molecular weight is 173 g/mol. The molecule has 1 atom stereocenters. The molecule has 0 aliphatic carbocycles. The van der Waals surface area contributed by atoms with E-state index in [4.69, 9.17) is 5.73 Å². The van der Waals surface area contributed by atoms with Crippen molar-refractivity contribution in [3.63, 3.8) is 0 Å². The van der Waals surface area contributed by atoms with E-state index in [0.29, 0.717) is 0 Å². The summed E-state index contributed by atoms with van der Waals surface area (Å²) in [4.78, 5) is 0. The van der Waals surface area contributed by atoms with Crippen molar-refractivity contribution in [2.75, 3.05) is 0 Å². The van der Waals surface area contributed by atoms with Crippen LogP contribution < -0.4 is 5.73 Å². The van der Waals surface area contributed by atoms with E-state index >= 15 is 0 Å². The summed E-state index contributed by atoms with van der Waals surface area (Å²) < 4.78 is 0. The molecule has 1 heterocycles. The van der Waals surface area contributed by atoms with E-state index in [0.717, 1.165) is 11.3 Å². The first-order valence-corrected chi connectivity index (χ1v) is 4.18. The number of aromatic nitrogens is 2. The van der Waals surface area contributed by atoms with Gasteiger partial charge in [0.2, 0.25) is 0 Å². The zero-order chi connectivity index (χ0) is 9.10. The SMILES string of the molecule is NC(c1ccccc1)c1ccn[nH]1. The van der Waals surface area contributed by atoms with E-state index in [9.17, 15) is 0 Å². The van der Waals surface area contributed by atoms with Crippen molar-refractivity contribution in [1.29, 1.82) is 0 Å². The van der Waals surface area contributed by atoms with Gasteiger partial charge in [-0.25, -0.2) is 0 Å². The molecule has 0 saturated carbocycles. The van der Waals surface area contributed by atoms with E-state index in [1.165, 1.54) is 0 Å². The fraction of sp³-hybridized carbons (Fsp3) is 0.100. The summed E-state index contributed by atoms with van der Waals surface area (Å²) in [6, 6.07) is 11.7. The number of nitrogens with zero attached hydrogens (tertiary/aromatic N) is 1. The Balaban J connectivity index is 2.29. The molecule has 0 amide bonds. The van der Waals surface area contributed by atoms with E-state index < -0.39 is 0 Å². The van der Waals surface area contributed by atoms with Crippen LogP contribution in [-0.2, 0) is 0 Å². The highest BCUT2D eigenvalue weighted by atomic mass is 15.1. The normalized spacial score (nSPS) is 12.7. The Hall–Kier alpha value is -1.61. The molecule has 3 heteroatoms. The van der Waals surface area contributed by atoms with Crippen molar-refractivity contribution in [2.45, 2.75) is 6.04 Å². The van der Waals surface area contributed by atoms with Crippen LogP contribution in [-0.4, -0.2) is 10.2 Å². The average Bonchev–Trinajstić information content (AvgIpc) is 2.71. The molecule has 1 aromatic heterocycles. The highest BCUT2D eigenvalue weighted by molar-refractivity contribution is 5.25. The topological polar surface area (TPSA) is 54.7 Å². The lowest BCUT2D eigenvalue weighted by atomic mass is 10.1. The maximum atomic E-state index is 5.99. The molecular formula is C10H11N3. The zero-order valence-corrected chi connectivity index (χ0v) is 7.14. The molecule has 2 rings (SSSR count). The number of benzene rings is 1. The van der Waals surface area contributed by atoms with Crippen LogP contribution in [0.2, 0.25) is 0 Å². The predicted molar refractivity (Wildman–Crippen MR) is 51.1 cm³/mol. The zero-order valence-electron chi connectivity index (χ0n) is 7.14. The minimum Gasteiger partial charge on any atom is -0.319 e. The molecule has 0 aliphatic heterocycles. The Labute approximate surface area is 76.6 Å². The van der Waals surface area contributed by atoms with Gasteiger partial charge in [0.25, 0.3) is 0 Å². The van der Waals surface area contributed by atoms with Crippen molar-refractivity contribution in [3.8, 4) is 0 Å². The molecule has 3 N–H and O–H groups in total. The molecule has 1 aromatic carbocycles. The Kier molecular flexibility index (Phi) is 2.10. The van der Waals surface area contributed by atoms with Crippen LogP contribution in [0.5, 0.6) is 0 Å². The first-order valence-electron chi connectivity index (χ1n) is 4.18. The van der Waals surface area contributed by atoms with Crippen LogP contribution >= 0.6 is 0 Å². The number of hydrogen-bond donors (Lipinski definition) is 2. The molecule has 0 aliphatic rings. The van der Waals surface area contributed by atoms with Gasteiger partial charge in [-0.15, -0.1) is 0 Å². The molecule has 1 unspecified atom stereocenters. The molecule has 0 bridgehead atoms. The van der Waals surface area contributed by atoms with Crippen molar-refractivity contribution >= 4 is 0 Å². The Morgan fingerprint density at radius 2 is 1.92 bits per heavy atom. The largest absolute Gasteiger partial charge is 0.319 e. The van der Waals surface area contributed by atoms with Gasteiger partial charge in [0, 0.05) is 6.20 Å². The highest BCUT2D eigenvalue weighted by Gasteiger charge is 2.08. The number of rotatable bonds is 2. The fourth-order valence-electron chi connectivity index (χ4n) is 1.28. The third kappa shape index (κ3) is 1.60. The number of H-pyrrole nitrogens is 1. The van der Waals surface area contributed by atoms with Crippen molar-refractivity contribution in [2.24, 2.45) is 5.73 Å². The van der Waals surface area contributed by atoms with Crippen molar-refractivity contribution < 1.29 is 0 Å². The van der Waals surface area contributed by atoms with E-state index in [1.54, 1.807) is 6.20 Å². The molecule has 3 nitrogen and oxygen atoms in total. The first kappa shape index (κ1) is 8.01. The summed E-state index contributed by atoms with van der Waals surface area (Å²) in [7, 11) is 0. The molecular weight excluding hydrogens is 162 g/mol. The van der Waals surface area contributed by atoms with Gasteiger partial charge in [0.05, 0.1) is 11.7 Å². The summed E-state index contributed by atoms with van der Waals surface area (Å²) in [5.41, 5.74) is 8.02. The number of aromatic amines is 1. The van der Waals surface area contributed by atoms with Gasteiger partial charge in [0.15, 0.2) is 0 Å². The Bertz CT molecular complexity index is 353. The maximum Gasteiger partial charge on any atom is 0.0720 e. The van der Waals surface area contributed by atoms with Crippen LogP contribution in [0.15, 0.2) is 42.6 Å². The standard InChI is InChI=1S/C10H11N3/c11-10(9-6-7-12-13-9)8-4-2-1-3-5-8/h1-7,10H,11H2,(H,12,13). The van der Waals surface area contributed by atoms with Crippen LogP contribution in [0, 0.1) is 0 Å². The molecule has 2 aromatic rings. The maximum absolute atomic E-state index is 5.99. The van der Waals surface area contributed by atoms with E-state index in [2.05, 4.69) is 10.2 Å². The highest BCUT2D eigenvalue weighted by Crippen LogP contribution is 2.15. The van der Waals surface area contributed by atoms with Crippen LogP contribution in [0.4, 0.5) is 0 Å². The third-order valence-electron chi connectivity index (χ3n) is 2.02. The number of nitrogens with one attached hydrogen (secondary N) is 1. The number of hydrogen-bond acceptors (Lipinski definition) is 2. The molecule has 66 valence electrons. The van der Waals surface area contributed by atoms with E-state index in [-0.39, 0.29) is 6.04 Å². The smallest absolute Gasteiger partial charge is 0.0720 e. The van der Waals surface area contributed by atoms with Crippen LogP contribution in [0.25, 0.3) is 0 Å². The van der Waals surface area contributed by atoms with Gasteiger partial charge in [0.1, 0.15) is 0 Å². The predicted octanol–water partition coefficient (Wildman–Crippen LogP) is 1.46. The minimum absolute atomic E-state index is 0.108. The fourth-order valence-corrected chi connectivity index (χ4v) is 1.28. The summed E-state index contributed by atoms with van der Waals surface area (Å²) in [6.45, 7) is 0. The van der Waals surface area contributed by atoms with Crippen molar-refractivity contribution in [3.05, 3.63) is 53.9 Å². The van der Waals surface area contributed by atoms with Gasteiger partial charge >= 0.3 is 0 Å². The van der Waals surface area contributed by atoms with Crippen LogP contribution in [0.3, 0.4) is 0 Å². The molecule has 0 saturated heterocycles. The van der Waals surface area contributed by atoms with Gasteiger partial charge in [-0.3, -0.25) is 5.10 Å². The second-order valence-corrected chi connectivity index (χ2v) is 2.90. The summed E-state index contributed by atoms with van der Waals surface area (Å²) >= 11 is 0. The molecule has 0 fully saturated rings. The quantitative estimate of drug-likeness (QED) is 0.722. The molecule has 0 spiro atoms. The number of nitrogens with two attached hydrogens (primary N) is 1. The summed E-state index contributed by atoms with van der Waals surface area (Å²) in [5.74, 6) is 0. The summed E-state index contributed by atoms with van der Waals surface area (Å²) in [5, 5.41) is 6.72. The van der Waals surface area contributed by atoms with Gasteiger partial charge < -0.3 is 5.73 Å². The minimum atomic E-state index is -0.108. The molecule has 13 heavy (non-hydrogen) atoms. The Morgan fingerprint density at radius 1 is 1.15 bits per heavy atom. The van der Waals surface area contributed by atoms with Crippen LogP contribution in [0.1, 0.15) is 17.3 Å². The third-order valence-corrected chi connectivity index (χ3v) is 2.02. The Morgan fingerprint density at radius 3 is 2.54 bits per heavy atom. The second kappa shape index (κ2) is 3.41. The lowest BCUT2D eigenvalue weighted by Crippen LogP contribution is -2.11. The van der Waals surface area contributed by atoms with Gasteiger partial charge in [-0.2, -0.15) is 5.10 Å². The van der Waals surface area contributed by atoms with Crippen molar-refractivity contribution in [1.82, 2.24) is 10.2 Å². The lowest BCUT2D eigenvalue weighted by molar-refractivity contribution is 0.816. The second-order valence-electron chi connectivity index (χ2n) is 2.90. The lowest BCUT2D eigenvalue weighted by Gasteiger charge is -2.08. The summed E-state index contributed by atoms with van der Waals surface area (Å²) in [6.07, 6.45) is 1.71. The van der Waals surface area contributed by atoms with Gasteiger partial charge in [-0.1, -0.05) is 30.3 Å². The first-order chi connectivity index (χ1) is 6.38. The van der Waals surface area contributed by atoms with Gasteiger partial charge in [-0.05, 0) is 11.6 Å². The van der Waals surface area contributed by atoms with E-state index in [1.807, 2.05) is 36.4 Å².